The average molecular weight is 381 g/mol. The fourth-order valence-electron chi connectivity index (χ4n) is 2.56. The summed E-state index contributed by atoms with van der Waals surface area (Å²) in [7, 11) is 0. The minimum atomic E-state index is 0.0656. The second-order valence-corrected chi connectivity index (χ2v) is 7.30. The molecular formula is C15H17BrN4OS. The van der Waals surface area contributed by atoms with Crippen molar-refractivity contribution >= 4 is 39.1 Å². The molecule has 0 aromatic carbocycles. The number of anilines is 1. The summed E-state index contributed by atoms with van der Waals surface area (Å²) < 4.78 is 1.03. The molecule has 0 aliphatic carbocycles. The molecule has 2 aromatic rings. The number of aryl methyl sites for hydroxylation is 1. The number of fused-ring (bicyclic) bond motifs is 1. The van der Waals surface area contributed by atoms with Crippen LogP contribution >= 0.6 is 27.3 Å². The summed E-state index contributed by atoms with van der Waals surface area (Å²) in [5.74, 6) is 0.327. The number of rotatable bonds is 3. The lowest BCUT2D eigenvalue weighted by Crippen LogP contribution is -2.36. The Morgan fingerprint density at radius 2 is 2.36 bits per heavy atom. The van der Waals surface area contributed by atoms with Crippen LogP contribution in [0, 0.1) is 0 Å². The van der Waals surface area contributed by atoms with Gasteiger partial charge < -0.3 is 10.6 Å². The highest BCUT2D eigenvalue weighted by Gasteiger charge is 2.25. The van der Waals surface area contributed by atoms with Gasteiger partial charge in [0.05, 0.1) is 17.1 Å². The van der Waals surface area contributed by atoms with E-state index >= 15 is 0 Å². The maximum Gasteiger partial charge on any atom is 0.264 e. The lowest BCUT2D eigenvalue weighted by Gasteiger charge is -2.27. The van der Waals surface area contributed by atoms with E-state index < -0.39 is 0 Å². The van der Waals surface area contributed by atoms with E-state index in [0.29, 0.717) is 13.1 Å². The molecule has 0 fully saturated rings. The van der Waals surface area contributed by atoms with E-state index in [1.54, 1.807) is 17.5 Å². The van der Waals surface area contributed by atoms with Crippen LogP contribution in [0.3, 0.4) is 0 Å². The molecule has 0 bridgehead atoms. The van der Waals surface area contributed by atoms with Crippen molar-refractivity contribution in [1.82, 2.24) is 14.9 Å². The molecule has 22 heavy (non-hydrogen) atoms. The Labute approximate surface area is 141 Å². The number of nitrogen functional groups attached to an aromatic ring is 1. The molecule has 0 radical (unpaired) electrons. The minimum absolute atomic E-state index is 0.0656. The zero-order valence-electron chi connectivity index (χ0n) is 12.3. The van der Waals surface area contributed by atoms with Gasteiger partial charge in [0.15, 0.2) is 0 Å². The molecule has 1 aliphatic rings. The summed E-state index contributed by atoms with van der Waals surface area (Å²) in [6.07, 6.45) is 4.60. The normalized spacial score (nSPS) is 14.0. The Bertz CT molecular complexity index is 716. The number of hydrogen-bond acceptors (Lipinski definition) is 5. The van der Waals surface area contributed by atoms with Gasteiger partial charge in [0.2, 0.25) is 5.95 Å². The molecular weight excluding hydrogens is 364 g/mol. The van der Waals surface area contributed by atoms with Gasteiger partial charge >= 0.3 is 0 Å². The molecule has 1 aliphatic heterocycles. The fraction of sp³-hybridized carbons (Fsp3) is 0.400. The Morgan fingerprint density at radius 3 is 3.14 bits per heavy atom. The second-order valence-electron chi connectivity index (χ2n) is 5.31. The molecule has 7 heteroatoms. The summed E-state index contributed by atoms with van der Waals surface area (Å²) in [6.45, 7) is 3.33. The molecule has 2 aromatic heterocycles. The van der Waals surface area contributed by atoms with Crippen molar-refractivity contribution in [3.8, 4) is 0 Å². The van der Waals surface area contributed by atoms with Crippen LogP contribution in [-0.4, -0.2) is 27.3 Å². The number of hydrogen-bond donors (Lipinski definition) is 1. The molecule has 1 amide bonds. The third-order valence-corrected chi connectivity index (χ3v) is 5.85. The van der Waals surface area contributed by atoms with Crippen molar-refractivity contribution in [2.75, 3.05) is 12.3 Å². The first kappa shape index (κ1) is 15.4. The molecule has 116 valence electrons. The van der Waals surface area contributed by atoms with E-state index in [4.69, 9.17) is 5.73 Å². The van der Waals surface area contributed by atoms with E-state index in [0.717, 1.165) is 39.9 Å². The van der Waals surface area contributed by atoms with Gasteiger partial charge in [-0.3, -0.25) is 4.79 Å². The number of carbonyl (C=O) groups excluding carboxylic acids is 1. The van der Waals surface area contributed by atoms with Crippen LogP contribution in [0.5, 0.6) is 0 Å². The van der Waals surface area contributed by atoms with Gasteiger partial charge in [0.25, 0.3) is 5.91 Å². The Kier molecular flexibility index (Phi) is 4.44. The lowest BCUT2D eigenvalue weighted by molar-refractivity contribution is 0.0736. The summed E-state index contributed by atoms with van der Waals surface area (Å²) in [6, 6.07) is 1.93. The summed E-state index contributed by atoms with van der Waals surface area (Å²) in [4.78, 5) is 24.8. The third kappa shape index (κ3) is 3.01. The summed E-state index contributed by atoms with van der Waals surface area (Å²) in [5, 5.41) is 0. The van der Waals surface area contributed by atoms with Gasteiger partial charge in [0, 0.05) is 22.1 Å². The number of thiophene rings is 1. The monoisotopic (exact) mass is 380 g/mol. The zero-order chi connectivity index (χ0) is 15.7. The molecule has 5 nitrogen and oxygen atoms in total. The van der Waals surface area contributed by atoms with Gasteiger partial charge in [-0.2, -0.15) is 0 Å². The van der Waals surface area contributed by atoms with Crippen LogP contribution in [0.15, 0.2) is 16.7 Å². The molecule has 0 unspecified atom stereocenters. The molecule has 3 rings (SSSR count). The third-order valence-electron chi connectivity index (χ3n) is 3.70. The highest BCUT2D eigenvalue weighted by Crippen LogP contribution is 2.30. The smallest absolute Gasteiger partial charge is 0.264 e. The summed E-state index contributed by atoms with van der Waals surface area (Å²) in [5.41, 5.74) is 7.58. The first-order valence-corrected chi connectivity index (χ1v) is 8.87. The highest BCUT2D eigenvalue weighted by molar-refractivity contribution is 9.10. The predicted octanol–water partition coefficient (Wildman–Crippen LogP) is 3.03. The number of aromatic nitrogens is 2. The highest BCUT2D eigenvalue weighted by atomic mass is 79.9. The fourth-order valence-corrected chi connectivity index (χ4v) is 4.50. The molecule has 3 heterocycles. The van der Waals surface area contributed by atoms with Crippen LogP contribution in [-0.2, 0) is 19.4 Å². The predicted molar refractivity (Wildman–Crippen MR) is 90.9 cm³/mol. The largest absolute Gasteiger partial charge is 0.368 e. The Balaban J connectivity index is 1.80. The van der Waals surface area contributed by atoms with Crippen molar-refractivity contribution in [3.05, 3.63) is 37.7 Å². The molecule has 0 saturated heterocycles. The minimum Gasteiger partial charge on any atom is -0.368 e. The maximum absolute atomic E-state index is 12.7. The number of carbonyl (C=O) groups is 1. The number of amides is 1. The maximum atomic E-state index is 12.7. The average Bonchev–Trinajstić information content (AvgIpc) is 2.87. The number of nitrogens with two attached hydrogens (primary N) is 1. The zero-order valence-corrected chi connectivity index (χ0v) is 14.7. The number of nitrogens with zero attached hydrogens (tertiary/aromatic N) is 3. The van der Waals surface area contributed by atoms with Gasteiger partial charge in [0.1, 0.15) is 0 Å². The Morgan fingerprint density at radius 1 is 1.55 bits per heavy atom. The van der Waals surface area contributed by atoms with Gasteiger partial charge in [-0.25, -0.2) is 9.97 Å². The SMILES string of the molecule is CCCc1sc(C(=O)N2CCc3cnc(N)nc3C2)cc1Br. The van der Waals surface area contributed by atoms with Gasteiger partial charge in [-0.05, 0) is 40.4 Å². The topological polar surface area (TPSA) is 72.1 Å². The molecule has 0 saturated carbocycles. The van der Waals surface area contributed by atoms with Crippen LogP contribution in [0.25, 0.3) is 0 Å². The van der Waals surface area contributed by atoms with Crippen molar-refractivity contribution in [2.24, 2.45) is 0 Å². The lowest BCUT2D eigenvalue weighted by atomic mass is 10.1. The standard InChI is InChI=1S/C15H17BrN4OS/c1-2-3-12-10(16)6-13(22-12)14(21)20-5-4-9-7-18-15(17)19-11(9)8-20/h6-7H,2-5,8H2,1H3,(H2,17,18,19). The van der Waals surface area contributed by atoms with Gasteiger partial charge in [-0.1, -0.05) is 13.3 Å². The first-order valence-electron chi connectivity index (χ1n) is 7.26. The quantitative estimate of drug-likeness (QED) is 0.887. The van der Waals surface area contributed by atoms with Crippen molar-refractivity contribution < 1.29 is 4.79 Å². The first-order chi connectivity index (χ1) is 10.6. The number of halogens is 1. The summed E-state index contributed by atoms with van der Waals surface area (Å²) >= 11 is 5.12. The van der Waals surface area contributed by atoms with Crippen LogP contribution in [0.1, 0.15) is 39.2 Å². The van der Waals surface area contributed by atoms with E-state index in [1.165, 1.54) is 4.88 Å². The van der Waals surface area contributed by atoms with Crippen molar-refractivity contribution in [2.45, 2.75) is 32.7 Å². The van der Waals surface area contributed by atoms with Crippen molar-refractivity contribution in [1.29, 1.82) is 0 Å². The van der Waals surface area contributed by atoms with Gasteiger partial charge in [-0.15, -0.1) is 11.3 Å². The molecule has 0 spiro atoms. The second kappa shape index (κ2) is 6.34. The van der Waals surface area contributed by atoms with E-state index in [9.17, 15) is 4.79 Å². The van der Waals surface area contributed by atoms with Crippen LogP contribution in [0.4, 0.5) is 5.95 Å². The van der Waals surface area contributed by atoms with E-state index in [2.05, 4.69) is 32.8 Å². The van der Waals surface area contributed by atoms with E-state index in [1.807, 2.05) is 11.0 Å². The van der Waals surface area contributed by atoms with Crippen LogP contribution < -0.4 is 5.73 Å². The Hall–Kier alpha value is -1.47. The molecule has 0 atom stereocenters. The van der Waals surface area contributed by atoms with Crippen molar-refractivity contribution in [3.63, 3.8) is 0 Å². The molecule has 2 N–H and O–H groups in total. The van der Waals surface area contributed by atoms with E-state index in [-0.39, 0.29) is 11.9 Å². The van der Waals surface area contributed by atoms with Crippen LogP contribution in [0.2, 0.25) is 0 Å².